The summed E-state index contributed by atoms with van der Waals surface area (Å²) in [4.78, 5) is 0. The molecule has 17 heavy (non-hydrogen) atoms. The maximum atomic E-state index is 5.14. The summed E-state index contributed by atoms with van der Waals surface area (Å²) >= 11 is 0. The van der Waals surface area contributed by atoms with Crippen molar-refractivity contribution in [2.24, 2.45) is 0 Å². The minimum absolute atomic E-state index is 0.414. The highest BCUT2D eigenvalue weighted by Crippen LogP contribution is 2.13. The summed E-state index contributed by atoms with van der Waals surface area (Å²) in [5.41, 5.74) is 1.34. The molecule has 1 aromatic carbocycles. The van der Waals surface area contributed by atoms with Crippen molar-refractivity contribution in [3.8, 4) is 5.75 Å². The van der Waals surface area contributed by atoms with Crippen LogP contribution in [0.15, 0.2) is 36.9 Å². The zero-order chi connectivity index (χ0) is 12.5. The van der Waals surface area contributed by atoms with Crippen LogP contribution in [0.5, 0.6) is 5.75 Å². The molecular formula is C15H23NO. The van der Waals surface area contributed by atoms with Crippen LogP contribution in [0.1, 0.15) is 25.3 Å². The second kappa shape index (κ2) is 7.91. The van der Waals surface area contributed by atoms with Crippen molar-refractivity contribution in [3.05, 3.63) is 42.5 Å². The van der Waals surface area contributed by atoms with Crippen LogP contribution in [0.2, 0.25) is 0 Å². The molecule has 0 aromatic heterocycles. The summed E-state index contributed by atoms with van der Waals surface area (Å²) < 4.78 is 5.14. The fourth-order valence-corrected chi connectivity index (χ4v) is 1.75. The predicted octanol–water partition coefficient (Wildman–Crippen LogP) is 3.18. The number of nitrogens with one attached hydrogen (secondary N) is 1. The minimum atomic E-state index is 0.414. The highest BCUT2D eigenvalue weighted by molar-refractivity contribution is 5.27. The van der Waals surface area contributed by atoms with Crippen LogP contribution >= 0.6 is 0 Å². The van der Waals surface area contributed by atoms with Crippen molar-refractivity contribution in [2.75, 3.05) is 13.7 Å². The van der Waals surface area contributed by atoms with Gasteiger partial charge in [-0.25, -0.2) is 0 Å². The quantitative estimate of drug-likeness (QED) is 0.696. The van der Waals surface area contributed by atoms with E-state index in [0.717, 1.165) is 31.6 Å². The zero-order valence-electron chi connectivity index (χ0n) is 10.9. The van der Waals surface area contributed by atoms with Crippen molar-refractivity contribution in [3.63, 3.8) is 0 Å². The molecule has 0 aliphatic rings. The maximum absolute atomic E-state index is 5.14. The first-order valence-electron chi connectivity index (χ1n) is 6.29. The third-order valence-electron chi connectivity index (χ3n) is 2.84. The smallest absolute Gasteiger partial charge is 0.118 e. The van der Waals surface area contributed by atoms with Gasteiger partial charge in [-0.3, -0.25) is 0 Å². The standard InChI is InChI=1S/C15H23NO/c1-4-12-16-14(5-2)9-6-13-7-10-15(17-3)11-8-13/h5,7-8,10-11,14,16H,2,4,6,9,12H2,1,3H3. The zero-order valence-corrected chi connectivity index (χ0v) is 10.9. The summed E-state index contributed by atoms with van der Waals surface area (Å²) in [6.07, 6.45) is 5.32. The summed E-state index contributed by atoms with van der Waals surface area (Å²) in [6, 6.07) is 8.68. The molecule has 2 heteroatoms. The van der Waals surface area contributed by atoms with Crippen molar-refractivity contribution < 1.29 is 4.74 Å². The molecule has 2 nitrogen and oxygen atoms in total. The van der Waals surface area contributed by atoms with Crippen molar-refractivity contribution in [1.29, 1.82) is 0 Å². The van der Waals surface area contributed by atoms with E-state index in [0.29, 0.717) is 6.04 Å². The van der Waals surface area contributed by atoms with Gasteiger partial charge in [-0.15, -0.1) is 6.58 Å². The molecule has 1 rings (SSSR count). The Hall–Kier alpha value is -1.28. The maximum Gasteiger partial charge on any atom is 0.118 e. The van der Waals surface area contributed by atoms with E-state index in [1.54, 1.807) is 7.11 Å². The van der Waals surface area contributed by atoms with E-state index in [4.69, 9.17) is 4.74 Å². The Balaban J connectivity index is 2.39. The molecule has 1 atom stereocenters. The molecule has 0 amide bonds. The van der Waals surface area contributed by atoms with E-state index in [9.17, 15) is 0 Å². The van der Waals surface area contributed by atoms with Gasteiger partial charge in [-0.2, -0.15) is 0 Å². The van der Waals surface area contributed by atoms with Crippen molar-refractivity contribution in [1.82, 2.24) is 5.32 Å². The monoisotopic (exact) mass is 233 g/mol. The van der Waals surface area contributed by atoms with Crippen LogP contribution in [0.4, 0.5) is 0 Å². The Bertz CT molecular complexity index is 318. The molecule has 0 aliphatic heterocycles. The third-order valence-corrected chi connectivity index (χ3v) is 2.84. The van der Waals surface area contributed by atoms with E-state index >= 15 is 0 Å². The molecule has 0 saturated carbocycles. The Morgan fingerprint density at radius 1 is 1.35 bits per heavy atom. The van der Waals surface area contributed by atoms with Gasteiger partial charge in [0.05, 0.1) is 7.11 Å². The third kappa shape index (κ3) is 5.05. The average molecular weight is 233 g/mol. The number of rotatable bonds is 8. The first-order chi connectivity index (χ1) is 8.30. The van der Waals surface area contributed by atoms with E-state index in [1.807, 2.05) is 18.2 Å². The molecule has 0 aliphatic carbocycles. The molecule has 1 aromatic rings. The van der Waals surface area contributed by atoms with E-state index in [2.05, 4.69) is 31.0 Å². The molecular weight excluding hydrogens is 210 g/mol. The first kappa shape index (κ1) is 13.8. The molecule has 94 valence electrons. The molecule has 0 saturated heterocycles. The summed E-state index contributed by atoms with van der Waals surface area (Å²) in [5.74, 6) is 0.915. The SMILES string of the molecule is C=CC(CCc1ccc(OC)cc1)NCCC. The second-order valence-electron chi connectivity index (χ2n) is 4.18. The van der Waals surface area contributed by atoms with Gasteiger partial charge in [0.2, 0.25) is 0 Å². The Kier molecular flexibility index (Phi) is 6.41. The summed E-state index contributed by atoms with van der Waals surface area (Å²) in [7, 11) is 1.69. The highest BCUT2D eigenvalue weighted by Gasteiger charge is 2.03. The Labute approximate surface area is 105 Å². The lowest BCUT2D eigenvalue weighted by Crippen LogP contribution is -2.28. The van der Waals surface area contributed by atoms with Gasteiger partial charge in [0.25, 0.3) is 0 Å². The Morgan fingerprint density at radius 2 is 2.06 bits per heavy atom. The lowest BCUT2D eigenvalue weighted by atomic mass is 10.0. The molecule has 0 spiro atoms. The van der Waals surface area contributed by atoms with Gasteiger partial charge in [0.1, 0.15) is 5.75 Å². The number of aryl methyl sites for hydroxylation is 1. The lowest BCUT2D eigenvalue weighted by molar-refractivity contribution is 0.414. The normalized spacial score (nSPS) is 12.1. The van der Waals surface area contributed by atoms with Gasteiger partial charge in [-0.05, 0) is 43.5 Å². The molecule has 0 fully saturated rings. The fraction of sp³-hybridized carbons (Fsp3) is 0.467. The number of ether oxygens (including phenoxy) is 1. The lowest BCUT2D eigenvalue weighted by Gasteiger charge is -2.14. The Morgan fingerprint density at radius 3 is 2.59 bits per heavy atom. The van der Waals surface area contributed by atoms with Crippen LogP contribution in [0.25, 0.3) is 0 Å². The molecule has 1 N–H and O–H groups in total. The van der Waals surface area contributed by atoms with Gasteiger partial charge in [-0.1, -0.05) is 25.1 Å². The molecule has 1 unspecified atom stereocenters. The van der Waals surface area contributed by atoms with Crippen LogP contribution < -0.4 is 10.1 Å². The van der Waals surface area contributed by atoms with Gasteiger partial charge >= 0.3 is 0 Å². The number of hydrogen-bond donors (Lipinski definition) is 1. The molecule has 0 bridgehead atoms. The van der Waals surface area contributed by atoms with Crippen molar-refractivity contribution in [2.45, 2.75) is 32.2 Å². The second-order valence-corrected chi connectivity index (χ2v) is 4.18. The van der Waals surface area contributed by atoms with Crippen molar-refractivity contribution >= 4 is 0 Å². The molecule has 0 heterocycles. The summed E-state index contributed by atoms with van der Waals surface area (Å²) in [6.45, 7) is 7.10. The highest BCUT2D eigenvalue weighted by atomic mass is 16.5. The van der Waals surface area contributed by atoms with Crippen LogP contribution in [0, 0.1) is 0 Å². The van der Waals surface area contributed by atoms with E-state index < -0.39 is 0 Å². The first-order valence-corrected chi connectivity index (χ1v) is 6.29. The van der Waals surface area contributed by atoms with Crippen LogP contribution in [-0.2, 0) is 6.42 Å². The summed E-state index contributed by atoms with van der Waals surface area (Å²) in [5, 5.41) is 3.47. The average Bonchev–Trinajstić information content (AvgIpc) is 2.39. The largest absolute Gasteiger partial charge is 0.497 e. The number of methoxy groups -OCH3 is 1. The topological polar surface area (TPSA) is 21.3 Å². The minimum Gasteiger partial charge on any atom is -0.497 e. The predicted molar refractivity (Wildman–Crippen MR) is 73.6 cm³/mol. The van der Waals surface area contributed by atoms with Gasteiger partial charge in [0.15, 0.2) is 0 Å². The fourth-order valence-electron chi connectivity index (χ4n) is 1.75. The van der Waals surface area contributed by atoms with E-state index in [-0.39, 0.29) is 0 Å². The van der Waals surface area contributed by atoms with Gasteiger partial charge < -0.3 is 10.1 Å². The number of benzene rings is 1. The number of hydrogen-bond acceptors (Lipinski definition) is 2. The van der Waals surface area contributed by atoms with Gasteiger partial charge in [0, 0.05) is 6.04 Å². The van der Waals surface area contributed by atoms with Crippen LogP contribution in [0.3, 0.4) is 0 Å². The van der Waals surface area contributed by atoms with Crippen LogP contribution in [-0.4, -0.2) is 19.7 Å². The van der Waals surface area contributed by atoms with E-state index in [1.165, 1.54) is 5.56 Å². The molecule has 0 radical (unpaired) electrons.